The normalized spacial score (nSPS) is 5.38. The first-order valence-corrected chi connectivity index (χ1v) is 9.80. The van der Waals surface area contributed by atoms with Crippen molar-refractivity contribution >= 4 is 25.9 Å². The zero-order valence-electron chi connectivity index (χ0n) is 4.56. The standard InChI is InChI=1S/C3H6O2.2ClH.Zn/c1-2-5-3-4;;;/h3H,2H2,1H3;2*1H;/q;;;+2/p-2. The van der Waals surface area contributed by atoms with E-state index in [1.807, 2.05) is 0 Å². The Labute approximate surface area is 64.2 Å². The van der Waals surface area contributed by atoms with Crippen molar-refractivity contribution in [1.82, 2.24) is 0 Å². The van der Waals surface area contributed by atoms with Crippen molar-refractivity contribution in [3.05, 3.63) is 0 Å². The molecule has 0 saturated carbocycles. The molecule has 8 heavy (non-hydrogen) atoms. The fourth-order valence-electron chi connectivity index (χ4n) is 0.0680. The molecule has 0 aliphatic carbocycles. The summed E-state index contributed by atoms with van der Waals surface area (Å²) in [7, 11) is 9.90. The zero-order valence-corrected chi connectivity index (χ0v) is 9.04. The van der Waals surface area contributed by atoms with Crippen molar-refractivity contribution in [3.63, 3.8) is 0 Å². The fraction of sp³-hybridized carbons (Fsp3) is 0.667. The van der Waals surface area contributed by atoms with Crippen LogP contribution in [0.2, 0.25) is 0 Å². The van der Waals surface area contributed by atoms with Gasteiger partial charge in [0.2, 0.25) is 0 Å². The molecule has 0 aromatic rings. The third-order valence-corrected chi connectivity index (χ3v) is 0.235. The number of hydrogen-bond acceptors (Lipinski definition) is 2. The van der Waals surface area contributed by atoms with E-state index in [0.29, 0.717) is 13.1 Å². The summed E-state index contributed by atoms with van der Waals surface area (Å²) < 4.78 is 4.15. The van der Waals surface area contributed by atoms with Crippen LogP contribution in [0.5, 0.6) is 0 Å². The fourth-order valence-corrected chi connectivity index (χ4v) is 0.0680. The summed E-state index contributed by atoms with van der Waals surface area (Å²) in [6.07, 6.45) is 0. The van der Waals surface area contributed by atoms with Gasteiger partial charge in [0.05, 0.1) is 6.61 Å². The molecule has 5 heteroatoms. The van der Waals surface area contributed by atoms with E-state index >= 15 is 0 Å². The van der Waals surface area contributed by atoms with Gasteiger partial charge in [-0.15, -0.1) is 0 Å². The third kappa shape index (κ3) is 30.1. The van der Waals surface area contributed by atoms with Crippen molar-refractivity contribution in [3.8, 4) is 0 Å². The van der Waals surface area contributed by atoms with Gasteiger partial charge in [-0.3, -0.25) is 4.79 Å². The summed E-state index contributed by atoms with van der Waals surface area (Å²) in [5, 5.41) is 0. The summed E-state index contributed by atoms with van der Waals surface area (Å²) in [5.74, 6) is 0. The van der Waals surface area contributed by atoms with Crippen molar-refractivity contribution < 1.29 is 24.7 Å². The van der Waals surface area contributed by atoms with Crippen LogP contribution in [-0.4, -0.2) is 13.1 Å². The second kappa shape index (κ2) is 15.6. The van der Waals surface area contributed by atoms with Crippen LogP contribution in [-0.2, 0) is 24.7 Å². The molecule has 0 spiro atoms. The van der Waals surface area contributed by atoms with Gasteiger partial charge >= 0.3 is 34.5 Å². The Balaban J connectivity index is 0. The second-order valence-electron chi connectivity index (χ2n) is 0.653. The summed E-state index contributed by atoms with van der Waals surface area (Å²) in [6, 6.07) is 0. The first-order chi connectivity index (χ1) is 3.83. The van der Waals surface area contributed by atoms with Crippen LogP contribution in [0.3, 0.4) is 0 Å². The van der Waals surface area contributed by atoms with E-state index in [0.717, 1.165) is 0 Å². The van der Waals surface area contributed by atoms with E-state index in [9.17, 15) is 4.79 Å². The van der Waals surface area contributed by atoms with Crippen LogP contribution in [0.4, 0.5) is 0 Å². The predicted molar refractivity (Wildman–Crippen MR) is 29.4 cm³/mol. The number of rotatable bonds is 2. The van der Waals surface area contributed by atoms with Crippen LogP contribution in [0.25, 0.3) is 0 Å². The second-order valence-corrected chi connectivity index (χ2v) is 5.28. The van der Waals surface area contributed by atoms with Gasteiger partial charge < -0.3 is 4.74 Å². The third-order valence-electron chi connectivity index (χ3n) is 0.235. The molecule has 0 radical (unpaired) electrons. The molecular formula is C3H6Cl2O2Zn. The molecule has 0 amide bonds. The van der Waals surface area contributed by atoms with Crippen molar-refractivity contribution in [2.24, 2.45) is 0 Å². The summed E-state index contributed by atoms with van der Waals surface area (Å²) in [4.78, 5) is 9.18. The van der Waals surface area contributed by atoms with Gasteiger partial charge in [-0.2, -0.15) is 0 Å². The molecular weight excluding hydrogens is 204 g/mol. The monoisotopic (exact) mass is 208 g/mol. The molecule has 0 fully saturated rings. The molecule has 0 aliphatic rings. The van der Waals surface area contributed by atoms with E-state index in [1.54, 1.807) is 6.92 Å². The van der Waals surface area contributed by atoms with Crippen LogP contribution in [0, 0.1) is 0 Å². The van der Waals surface area contributed by atoms with Crippen LogP contribution < -0.4 is 0 Å². The topological polar surface area (TPSA) is 26.3 Å². The Morgan fingerprint density at radius 2 is 2.12 bits per heavy atom. The average molecular weight is 210 g/mol. The molecule has 0 aromatic heterocycles. The average Bonchev–Trinajstić information content (AvgIpc) is 1.71. The summed E-state index contributed by atoms with van der Waals surface area (Å²) >= 11 is -0.931. The molecule has 0 atom stereocenters. The van der Waals surface area contributed by atoms with Gasteiger partial charge in [-0.25, -0.2) is 0 Å². The Morgan fingerprint density at radius 3 is 2.12 bits per heavy atom. The molecule has 0 N–H and O–H groups in total. The zero-order chi connectivity index (χ0) is 6.83. The summed E-state index contributed by atoms with van der Waals surface area (Å²) in [5.41, 5.74) is 0. The van der Waals surface area contributed by atoms with E-state index < -0.39 is 15.1 Å². The molecule has 0 aliphatic heterocycles. The molecule has 0 aromatic carbocycles. The van der Waals surface area contributed by atoms with Gasteiger partial charge in [0.15, 0.2) is 0 Å². The molecule has 0 unspecified atom stereocenters. The number of carbonyl (C=O) groups excluding carboxylic acids is 1. The number of hydrogen-bond donors (Lipinski definition) is 0. The quantitative estimate of drug-likeness (QED) is 0.511. The van der Waals surface area contributed by atoms with E-state index in [1.165, 1.54) is 0 Å². The molecule has 2 nitrogen and oxygen atoms in total. The molecule has 0 rings (SSSR count). The van der Waals surface area contributed by atoms with Gasteiger partial charge in [0.1, 0.15) is 0 Å². The maximum atomic E-state index is 9.18. The molecule has 0 heterocycles. The molecule has 46 valence electrons. The minimum absolute atomic E-state index is 0.431. The first-order valence-electron chi connectivity index (χ1n) is 2.00. The minimum atomic E-state index is -0.931. The van der Waals surface area contributed by atoms with Crippen LogP contribution >= 0.6 is 19.4 Å². The van der Waals surface area contributed by atoms with Crippen molar-refractivity contribution in [2.45, 2.75) is 6.92 Å². The Bertz CT molecular complexity index is 44.3. The van der Waals surface area contributed by atoms with Gasteiger partial charge in [-0.05, 0) is 6.92 Å². The predicted octanol–water partition coefficient (Wildman–Crippen LogP) is 1.56. The summed E-state index contributed by atoms with van der Waals surface area (Å²) in [6.45, 7) is 2.66. The Kier molecular flexibility index (Phi) is 22.4. The van der Waals surface area contributed by atoms with Crippen molar-refractivity contribution in [1.29, 1.82) is 0 Å². The molecule has 0 saturated heterocycles. The van der Waals surface area contributed by atoms with Crippen molar-refractivity contribution in [2.75, 3.05) is 6.61 Å². The molecule has 0 bridgehead atoms. The first kappa shape index (κ1) is 11.5. The SMILES string of the molecule is CCOC=O.[Cl][Zn][Cl]. The van der Waals surface area contributed by atoms with Gasteiger partial charge in [0.25, 0.3) is 6.47 Å². The Morgan fingerprint density at radius 1 is 1.75 bits per heavy atom. The number of ether oxygens (including phenoxy) is 1. The Hall–Kier alpha value is 0.673. The van der Waals surface area contributed by atoms with Crippen LogP contribution in [0.1, 0.15) is 6.92 Å². The van der Waals surface area contributed by atoms with Gasteiger partial charge in [0, 0.05) is 0 Å². The number of halogens is 2. The number of carbonyl (C=O) groups is 1. The van der Waals surface area contributed by atoms with Crippen LogP contribution in [0.15, 0.2) is 0 Å². The van der Waals surface area contributed by atoms with E-state index in [2.05, 4.69) is 4.74 Å². The van der Waals surface area contributed by atoms with E-state index in [4.69, 9.17) is 19.4 Å². The maximum absolute atomic E-state index is 9.18. The van der Waals surface area contributed by atoms with E-state index in [-0.39, 0.29) is 0 Å². The van der Waals surface area contributed by atoms with Gasteiger partial charge in [-0.1, -0.05) is 0 Å².